The second-order valence-corrected chi connectivity index (χ2v) is 6.03. The highest BCUT2D eigenvalue weighted by Gasteiger charge is 2.16. The van der Waals surface area contributed by atoms with Crippen molar-refractivity contribution < 1.29 is 13.5 Å². The van der Waals surface area contributed by atoms with Crippen LogP contribution >= 0.6 is 11.3 Å². The van der Waals surface area contributed by atoms with Crippen LogP contribution in [-0.4, -0.2) is 43.0 Å². The minimum atomic E-state index is -3.46. The first-order chi connectivity index (χ1) is 7.56. The monoisotopic (exact) mass is 265 g/mol. The van der Waals surface area contributed by atoms with Gasteiger partial charge in [0.1, 0.15) is 0 Å². The maximum atomic E-state index is 11.6. The van der Waals surface area contributed by atoms with Crippen molar-refractivity contribution in [1.29, 1.82) is 0 Å². The Morgan fingerprint density at radius 2 is 2.38 bits per heavy atom. The van der Waals surface area contributed by atoms with Crippen molar-refractivity contribution in [2.75, 3.05) is 20.2 Å². The molecule has 0 bridgehead atoms. The van der Waals surface area contributed by atoms with Crippen LogP contribution in [0.25, 0.3) is 0 Å². The summed E-state index contributed by atoms with van der Waals surface area (Å²) in [5.74, 6) is 0. The van der Waals surface area contributed by atoms with Gasteiger partial charge in [-0.1, -0.05) is 0 Å². The van der Waals surface area contributed by atoms with Gasteiger partial charge >= 0.3 is 0 Å². The van der Waals surface area contributed by atoms with Crippen LogP contribution in [0, 0.1) is 0 Å². The summed E-state index contributed by atoms with van der Waals surface area (Å²) in [6.45, 7) is 0.527. The zero-order valence-corrected chi connectivity index (χ0v) is 10.6. The third-order valence-electron chi connectivity index (χ3n) is 1.95. The third-order valence-corrected chi connectivity index (χ3v) is 4.25. The molecule has 1 heterocycles. The molecule has 0 aliphatic heterocycles. The van der Waals surface area contributed by atoms with Gasteiger partial charge in [0.15, 0.2) is 0 Å². The number of aliphatic hydroxyl groups excluding tert-OH is 1. The van der Waals surface area contributed by atoms with Gasteiger partial charge in [0, 0.05) is 37.8 Å². The molecule has 6 nitrogen and oxygen atoms in total. The lowest BCUT2D eigenvalue weighted by atomic mass is 10.5. The fraction of sp³-hybridized carbons (Fsp3) is 0.625. The standard InChI is InChI=1S/C8H15N3O3S2/c1-11(3-2-4-12)16(13,14)10-6-8-5-9-7-15-8/h5,7,10,12H,2-4,6H2,1H3. The molecule has 0 radical (unpaired) electrons. The molecular weight excluding hydrogens is 250 g/mol. The molecule has 8 heteroatoms. The first kappa shape index (κ1) is 13.5. The van der Waals surface area contributed by atoms with Crippen molar-refractivity contribution >= 4 is 21.5 Å². The summed E-state index contributed by atoms with van der Waals surface area (Å²) < 4.78 is 26.9. The van der Waals surface area contributed by atoms with Gasteiger partial charge in [-0.15, -0.1) is 11.3 Å². The molecule has 0 spiro atoms. The number of aromatic nitrogens is 1. The molecule has 0 aromatic carbocycles. The van der Waals surface area contributed by atoms with Gasteiger partial charge in [0.25, 0.3) is 10.2 Å². The number of hydrogen-bond acceptors (Lipinski definition) is 5. The van der Waals surface area contributed by atoms with E-state index in [-0.39, 0.29) is 13.2 Å². The van der Waals surface area contributed by atoms with Crippen molar-refractivity contribution in [1.82, 2.24) is 14.0 Å². The van der Waals surface area contributed by atoms with Crippen molar-refractivity contribution in [2.24, 2.45) is 0 Å². The van der Waals surface area contributed by atoms with Crippen LogP contribution in [0.2, 0.25) is 0 Å². The Morgan fingerprint density at radius 1 is 1.62 bits per heavy atom. The molecule has 92 valence electrons. The zero-order valence-electron chi connectivity index (χ0n) is 8.96. The molecule has 1 aromatic rings. The van der Waals surface area contributed by atoms with E-state index in [0.717, 1.165) is 4.88 Å². The van der Waals surface area contributed by atoms with E-state index in [1.165, 1.54) is 22.7 Å². The van der Waals surface area contributed by atoms with Gasteiger partial charge in [0.05, 0.1) is 5.51 Å². The lowest BCUT2D eigenvalue weighted by Gasteiger charge is -2.16. The number of rotatable bonds is 7. The summed E-state index contributed by atoms with van der Waals surface area (Å²) in [7, 11) is -1.98. The van der Waals surface area contributed by atoms with Gasteiger partial charge in [0.2, 0.25) is 0 Å². The first-order valence-corrected chi connectivity index (χ1v) is 7.07. The van der Waals surface area contributed by atoms with E-state index in [9.17, 15) is 8.42 Å². The van der Waals surface area contributed by atoms with Crippen LogP contribution in [0.1, 0.15) is 11.3 Å². The second-order valence-electron chi connectivity index (χ2n) is 3.19. The Kier molecular flexibility index (Phi) is 5.29. The van der Waals surface area contributed by atoms with E-state index in [0.29, 0.717) is 13.0 Å². The Balaban J connectivity index is 2.45. The van der Waals surface area contributed by atoms with Crippen molar-refractivity contribution in [3.63, 3.8) is 0 Å². The topological polar surface area (TPSA) is 82.5 Å². The SMILES string of the molecule is CN(CCCO)S(=O)(=O)NCc1cncs1. The highest BCUT2D eigenvalue weighted by molar-refractivity contribution is 7.87. The molecule has 1 rings (SSSR count). The van der Waals surface area contributed by atoms with Crippen LogP contribution in [0.5, 0.6) is 0 Å². The minimum Gasteiger partial charge on any atom is -0.396 e. The van der Waals surface area contributed by atoms with Gasteiger partial charge in [-0.3, -0.25) is 4.98 Å². The molecule has 0 saturated heterocycles. The van der Waals surface area contributed by atoms with E-state index in [2.05, 4.69) is 9.71 Å². The summed E-state index contributed by atoms with van der Waals surface area (Å²) in [5, 5.41) is 8.61. The van der Waals surface area contributed by atoms with E-state index in [1.807, 2.05) is 0 Å². The van der Waals surface area contributed by atoms with Crippen LogP contribution in [0.4, 0.5) is 0 Å². The fourth-order valence-electron chi connectivity index (χ4n) is 1.02. The zero-order chi connectivity index (χ0) is 12.0. The van der Waals surface area contributed by atoms with Crippen LogP contribution < -0.4 is 4.72 Å². The van der Waals surface area contributed by atoms with Crippen LogP contribution in [0.3, 0.4) is 0 Å². The summed E-state index contributed by atoms with van der Waals surface area (Å²) in [6, 6.07) is 0. The van der Waals surface area contributed by atoms with Gasteiger partial charge in [-0.2, -0.15) is 17.4 Å². The highest BCUT2D eigenvalue weighted by Crippen LogP contribution is 2.06. The third kappa shape index (κ3) is 4.14. The molecule has 0 aliphatic carbocycles. The maximum absolute atomic E-state index is 11.6. The summed E-state index contributed by atoms with van der Waals surface area (Å²) in [4.78, 5) is 4.71. The average Bonchev–Trinajstić information content (AvgIpc) is 2.76. The molecule has 0 saturated carbocycles. The van der Waals surface area contributed by atoms with Crippen molar-refractivity contribution in [3.8, 4) is 0 Å². The largest absolute Gasteiger partial charge is 0.396 e. The van der Waals surface area contributed by atoms with E-state index in [4.69, 9.17) is 5.11 Å². The van der Waals surface area contributed by atoms with E-state index in [1.54, 1.807) is 11.7 Å². The summed E-state index contributed by atoms with van der Waals surface area (Å²) >= 11 is 1.40. The van der Waals surface area contributed by atoms with Gasteiger partial charge in [-0.05, 0) is 6.42 Å². The molecular formula is C8H15N3O3S2. The molecule has 0 amide bonds. The molecule has 0 atom stereocenters. The average molecular weight is 265 g/mol. The number of nitrogens with one attached hydrogen (secondary N) is 1. The van der Waals surface area contributed by atoms with Crippen molar-refractivity contribution in [3.05, 3.63) is 16.6 Å². The van der Waals surface area contributed by atoms with E-state index < -0.39 is 10.2 Å². The molecule has 0 unspecified atom stereocenters. The van der Waals surface area contributed by atoms with Gasteiger partial charge < -0.3 is 5.11 Å². The molecule has 2 N–H and O–H groups in total. The van der Waals surface area contributed by atoms with Crippen LogP contribution in [-0.2, 0) is 16.8 Å². The Morgan fingerprint density at radius 3 is 2.94 bits per heavy atom. The summed E-state index contributed by atoms with van der Waals surface area (Å²) in [6.07, 6.45) is 2.05. The quantitative estimate of drug-likeness (QED) is 0.715. The molecule has 16 heavy (non-hydrogen) atoms. The molecule has 0 fully saturated rings. The van der Waals surface area contributed by atoms with Gasteiger partial charge in [-0.25, -0.2) is 0 Å². The minimum absolute atomic E-state index is 0.0191. The number of nitrogens with zero attached hydrogens (tertiary/aromatic N) is 2. The number of aliphatic hydroxyl groups is 1. The lowest BCUT2D eigenvalue weighted by molar-refractivity contribution is 0.275. The van der Waals surface area contributed by atoms with E-state index >= 15 is 0 Å². The predicted molar refractivity (Wildman–Crippen MR) is 62.2 cm³/mol. The summed E-state index contributed by atoms with van der Waals surface area (Å²) in [5.41, 5.74) is 1.65. The highest BCUT2D eigenvalue weighted by atomic mass is 32.2. The molecule has 1 aromatic heterocycles. The number of hydrogen-bond donors (Lipinski definition) is 2. The fourth-order valence-corrected chi connectivity index (χ4v) is 2.57. The van der Waals surface area contributed by atoms with Crippen LogP contribution in [0.15, 0.2) is 11.7 Å². The maximum Gasteiger partial charge on any atom is 0.279 e. The second kappa shape index (κ2) is 6.26. The first-order valence-electron chi connectivity index (χ1n) is 4.75. The Bertz CT molecular complexity index is 391. The number of thiazole rings is 1. The normalized spacial score (nSPS) is 12.2. The lowest BCUT2D eigenvalue weighted by Crippen LogP contribution is -2.38. The Labute approximate surface area is 99.1 Å². The Hall–Kier alpha value is -0.540. The molecule has 0 aliphatic rings. The van der Waals surface area contributed by atoms with Crippen molar-refractivity contribution in [2.45, 2.75) is 13.0 Å². The smallest absolute Gasteiger partial charge is 0.279 e. The predicted octanol–water partition coefficient (Wildman–Crippen LogP) is -0.208.